The molecule has 0 saturated carbocycles. The van der Waals surface area contributed by atoms with Crippen LogP contribution in [-0.2, 0) is 19.1 Å². The van der Waals surface area contributed by atoms with E-state index in [4.69, 9.17) is 14.3 Å². The first-order valence-corrected chi connectivity index (χ1v) is 5.52. The Kier molecular flexibility index (Phi) is 8.30. The molecule has 1 amide bonds. The predicted molar refractivity (Wildman–Crippen MR) is 65.6 cm³/mol. The number of hydroxylamine groups is 2. The van der Waals surface area contributed by atoms with Crippen molar-refractivity contribution in [1.29, 1.82) is 0 Å². The van der Waals surface area contributed by atoms with Crippen LogP contribution in [0.1, 0.15) is 13.8 Å². The average molecular weight is 257 g/mol. The van der Waals surface area contributed by atoms with Crippen molar-refractivity contribution in [2.45, 2.75) is 19.9 Å². The van der Waals surface area contributed by atoms with E-state index in [9.17, 15) is 9.59 Å². The summed E-state index contributed by atoms with van der Waals surface area (Å²) in [6.45, 7) is 7.21. The Hall–Kier alpha value is -1.82. The molecule has 6 nitrogen and oxygen atoms in total. The lowest BCUT2D eigenvalue weighted by atomic mass is 10.3. The molecule has 0 rings (SSSR count). The summed E-state index contributed by atoms with van der Waals surface area (Å²) >= 11 is 0. The summed E-state index contributed by atoms with van der Waals surface area (Å²) in [6, 6.07) is -0.461. The maximum absolute atomic E-state index is 11.5. The minimum atomic E-state index is -0.654. The molecule has 0 radical (unpaired) electrons. The van der Waals surface area contributed by atoms with Crippen molar-refractivity contribution < 1.29 is 23.9 Å². The minimum absolute atomic E-state index is 0.0903. The van der Waals surface area contributed by atoms with Crippen molar-refractivity contribution in [1.82, 2.24) is 5.06 Å². The fourth-order valence-corrected chi connectivity index (χ4v) is 1.09. The SMILES string of the molecule is C=CCOC(=O)N(OC)[C@H](C)/C=C/C(=O)OCC. The predicted octanol–water partition coefficient (Wildman–Crippen LogP) is 1.68. The topological polar surface area (TPSA) is 65.1 Å². The quantitative estimate of drug-likeness (QED) is 0.300. The lowest BCUT2D eigenvalue weighted by Gasteiger charge is -2.23. The summed E-state index contributed by atoms with van der Waals surface area (Å²) in [5.41, 5.74) is 0. The van der Waals surface area contributed by atoms with Gasteiger partial charge in [-0.25, -0.2) is 9.59 Å². The molecule has 1 atom stereocenters. The molecule has 0 aromatic carbocycles. The first-order chi connectivity index (χ1) is 8.56. The van der Waals surface area contributed by atoms with Gasteiger partial charge in [0.1, 0.15) is 6.61 Å². The number of esters is 1. The van der Waals surface area contributed by atoms with Crippen molar-refractivity contribution in [3.8, 4) is 0 Å². The third kappa shape index (κ3) is 6.05. The largest absolute Gasteiger partial charge is 0.463 e. The summed E-state index contributed by atoms with van der Waals surface area (Å²) < 4.78 is 9.53. The molecule has 0 aliphatic heterocycles. The Bertz CT molecular complexity index is 314. The molecule has 0 bridgehead atoms. The summed E-state index contributed by atoms with van der Waals surface area (Å²) in [4.78, 5) is 27.5. The lowest BCUT2D eigenvalue weighted by molar-refractivity contribution is -0.137. The Morgan fingerprint density at radius 1 is 1.39 bits per heavy atom. The number of carbonyl (C=O) groups excluding carboxylic acids is 2. The van der Waals surface area contributed by atoms with Crippen molar-refractivity contribution in [2.24, 2.45) is 0 Å². The zero-order chi connectivity index (χ0) is 14.0. The van der Waals surface area contributed by atoms with Gasteiger partial charge >= 0.3 is 12.1 Å². The van der Waals surface area contributed by atoms with E-state index >= 15 is 0 Å². The number of nitrogens with zero attached hydrogens (tertiary/aromatic N) is 1. The van der Waals surface area contributed by atoms with Crippen LogP contribution >= 0.6 is 0 Å². The number of rotatable bonds is 7. The number of hydrogen-bond acceptors (Lipinski definition) is 5. The number of amides is 1. The van der Waals surface area contributed by atoms with E-state index in [1.165, 1.54) is 25.3 Å². The van der Waals surface area contributed by atoms with Crippen LogP contribution in [0.15, 0.2) is 24.8 Å². The van der Waals surface area contributed by atoms with E-state index in [1.807, 2.05) is 0 Å². The Morgan fingerprint density at radius 3 is 2.56 bits per heavy atom. The van der Waals surface area contributed by atoms with Gasteiger partial charge < -0.3 is 9.47 Å². The molecular formula is C12H19NO5. The van der Waals surface area contributed by atoms with Crippen molar-refractivity contribution in [3.63, 3.8) is 0 Å². The standard InChI is InChI=1S/C12H19NO5/c1-5-9-18-12(15)13(16-4)10(3)7-8-11(14)17-6-2/h5,7-8,10H,1,6,9H2,2-4H3/b8-7+/t10-/m1/s1. The second-order valence-corrected chi connectivity index (χ2v) is 3.23. The van der Waals surface area contributed by atoms with Crippen LogP contribution < -0.4 is 0 Å². The zero-order valence-corrected chi connectivity index (χ0v) is 10.9. The summed E-state index contributed by atoms with van der Waals surface area (Å²) in [5.74, 6) is -0.472. The van der Waals surface area contributed by atoms with Crippen LogP contribution in [0.25, 0.3) is 0 Å². The number of ether oxygens (including phenoxy) is 2. The van der Waals surface area contributed by atoms with Crippen LogP contribution in [0, 0.1) is 0 Å². The highest BCUT2D eigenvalue weighted by molar-refractivity contribution is 5.82. The van der Waals surface area contributed by atoms with Crippen LogP contribution in [-0.4, -0.2) is 43.5 Å². The molecule has 0 unspecified atom stereocenters. The third-order valence-corrected chi connectivity index (χ3v) is 1.87. The highest BCUT2D eigenvalue weighted by Gasteiger charge is 2.19. The summed E-state index contributed by atoms with van der Waals surface area (Å²) in [6.07, 6.45) is 3.51. The highest BCUT2D eigenvalue weighted by Crippen LogP contribution is 2.04. The first kappa shape index (κ1) is 16.2. The van der Waals surface area contributed by atoms with E-state index in [0.717, 1.165) is 5.06 Å². The third-order valence-electron chi connectivity index (χ3n) is 1.87. The first-order valence-electron chi connectivity index (χ1n) is 5.52. The zero-order valence-electron chi connectivity index (χ0n) is 10.9. The second kappa shape index (κ2) is 9.23. The van der Waals surface area contributed by atoms with Gasteiger partial charge in [-0.3, -0.25) is 4.84 Å². The van der Waals surface area contributed by atoms with Gasteiger partial charge in [-0.2, -0.15) is 5.06 Å². The van der Waals surface area contributed by atoms with Crippen LogP contribution in [0.5, 0.6) is 0 Å². The Morgan fingerprint density at radius 2 is 2.06 bits per heavy atom. The van der Waals surface area contributed by atoms with Crippen molar-refractivity contribution in [3.05, 3.63) is 24.8 Å². The van der Waals surface area contributed by atoms with Crippen LogP contribution in [0.4, 0.5) is 4.79 Å². The monoisotopic (exact) mass is 257 g/mol. The summed E-state index contributed by atoms with van der Waals surface area (Å²) in [7, 11) is 1.34. The molecule has 0 saturated heterocycles. The Balaban J connectivity index is 4.41. The molecule has 0 aliphatic carbocycles. The van der Waals surface area contributed by atoms with Gasteiger partial charge in [-0.05, 0) is 13.8 Å². The molecule has 0 aromatic rings. The van der Waals surface area contributed by atoms with E-state index in [-0.39, 0.29) is 6.61 Å². The molecule has 0 aromatic heterocycles. The number of carbonyl (C=O) groups is 2. The fourth-order valence-electron chi connectivity index (χ4n) is 1.09. The van der Waals surface area contributed by atoms with Gasteiger partial charge in [0.2, 0.25) is 0 Å². The smallest absolute Gasteiger partial charge is 0.434 e. The molecule has 102 valence electrons. The second-order valence-electron chi connectivity index (χ2n) is 3.23. The molecule has 0 heterocycles. The minimum Gasteiger partial charge on any atom is -0.463 e. The van der Waals surface area contributed by atoms with Gasteiger partial charge in [0.05, 0.1) is 19.8 Å². The molecule has 0 fully saturated rings. The van der Waals surface area contributed by atoms with E-state index in [0.29, 0.717) is 6.61 Å². The normalized spacial score (nSPS) is 11.9. The van der Waals surface area contributed by atoms with Gasteiger partial charge in [-0.1, -0.05) is 18.7 Å². The highest BCUT2D eigenvalue weighted by atomic mass is 16.7. The van der Waals surface area contributed by atoms with E-state index in [2.05, 4.69) is 6.58 Å². The van der Waals surface area contributed by atoms with Gasteiger partial charge in [0.25, 0.3) is 0 Å². The van der Waals surface area contributed by atoms with Crippen molar-refractivity contribution >= 4 is 12.1 Å². The molecule has 6 heteroatoms. The summed E-state index contributed by atoms with van der Waals surface area (Å²) in [5, 5.41) is 0.999. The maximum atomic E-state index is 11.5. The van der Waals surface area contributed by atoms with E-state index in [1.54, 1.807) is 13.8 Å². The molecular weight excluding hydrogens is 238 g/mol. The van der Waals surface area contributed by atoms with Crippen LogP contribution in [0.2, 0.25) is 0 Å². The molecule has 0 spiro atoms. The lowest BCUT2D eigenvalue weighted by Crippen LogP contribution is -2.37. The molecule has 18 heavy (non-hydrogen) atoms. The van der Waals surface area contributed by atoms with Gasteiger partial charge in [0.15, 0.2) is 0 Å². The molecule has 0 N–H and O–H groups in total. The van der Waals surface area contributed by atoms with E-state index < -0.39 is 18.1 Å². The van der Waals surface area contributed by atoms with Crippen molar-refractivity contribution in [2.75, 3.05) is 20.3 Å². The van der Waals surface area contributed by atoms with Gasteiger partial charge in [0, 0.05) is 6.08 Å². The fraction of sp³-hybridized carbons (Fsp3) is 0.500. The maximum Gasteiger partial charge on any atom is 0.434 e. The van der Waals surface area contributed by atoms with Gasteiger partial charge in [-0.15, -0.1) is 0 Å². The Labute approximate surface area is 107 Å². The van der Waals surface area contributed by atoms with Crippen LogP contribution in [0.3, 0.4) is 0 Å². The average Bonchev–Trinajstić information content (AvgIpc) is 2.35. The molecule has 0 aliphatic rings. The number of hydrogen-bond donors (Lipinski definition) is 0.